The number of pyridine rings is 1. The molecule has 0 aromatic carbocycles. The molecule has 0 saturated heterocycles. The van der Waals surface area contributed by atoms with Gasteiger partial charge in [-0.1, -0.05) is 0 Å². The molecule has 1 amide bonds. The number of nitrogens with one attached hydrogen (secondary N) is 1. The van der Waals surface area contributed by atoms with Gasteiger partial charge in [-0.25, -0.2) is 4.98 Å². The van der Waals surface area contributed by atoms with E-state index in [1.54, 1.807) is 13.1 Å². The van der Waals surface area contributed by atoms with E-state index in [4.69, 9.17) is 5.73 Å². The van der Waals surface area contributed by atoms with Gasteiger partial charge in [-0.05, 0) is 19.1 Å². The summed E-state index contributed by atoms with van der Waals surface area (Å²) in [5.74, 6) is 5.51. The van der Waals surface area contributed by atoms with Crippen molar-refractivity contribution >= 4 is 33.1 Å². The van der Waals surface area contributed by atoms with Gasteiger partial charge in [-0.2, -0.15) is 0 Å². The number of nitrogen functional groups attached to an aromatic ring is 1. The summed E-state index contributed by atoms with van der Waals surface area (Å²) in [6.07, 6.45) is 2.34. The zero-order valence-corrected chi connectivity index (χ0v) is 10.8. The molecule has 2 aromatic rings. The molecule has 0 aliphatic carbocycles. The lowest BCUT2D eigenvalue weighted by atomic mass is 10.2. The molecule has 92 valence electrons. The van der Waals surface area contributed by atoms with Crippen molar-refractivity contribution in [1.82, 2.24) is 10.3 Å². The van der Waals surface area contributed by atoms with Crippen molar-refractivity contribution in [2.75, 3.05) is 12.3 Å². The number of carbonyl (C=O) groups is 1. The molecule has 0 aliphatic rings. The van der Waals surface area contributed by atoms with Crippen LogP contribution in [0.25, 0.3) is 10.2 Å². The van der Waals surface area contributed by atoms with Crippen LogP contribution in [0.15, 0.2) is 18.3 Å². The molecule has 2 rings (SSSR count). The number of aromatic nitrogens is 1. The van der Waals surface area contributed by atoms with Crippen LogP contribution < -0.4 is 11.1 Å². The monoisotopic (exact) mass is 259 g/mol. The quantitative estimate of drug-likeness (QED) is 0.654. The Kier molecular flexibility index (Phi) is 3.80. The number of rotatable bonds is 3. The summed E-state index contributed by atoms with van der Waals surface area (Å²) in [7, 11) is 0. The molecule has 5 heteroatoms. The van der Waals surface area contributed by atoms with Crippen LogP contribution in [0.1, 0.15) is 23.0 Å². The molecule has 4 nitrogen and oxygen atoms in total. The molecular weight excluding hydrogens is 246 g/mol. The first-order valence-corrected chi connectivity index (χ1v) is 6.36. The number of nitrogens with zero attached hydrogens (tertiary/aromatic N) is 1. The van der Waals surface area contributed by atoms with E-state index in [1.807, 2.05) is 12.1 Å². The van der Waals surface area contributed by atoms with Gasteiger partial charge >= 0.3 is 0 Å². The molecule has 0 aliphatic heterocycles. The van der Waals surface area contributed by atoms with E-state index in [0.29, 0.717) is 23.5 Å². The Balaban J connectivity index is 2.17. The highest BCUT2D eigenvalue weighted by atomic mass is 32.1. The molecule has 2 heterocycles. The Morgan fingerprint density at radius 1 is 1.61 bits per heavy atom. The van der Waals surface area contributed by atoms with Gasteiger partial charge in [0.25, 0.3) is 5.91 Å². The van der Waals surface area contributed by atoms with E-state index >= 15 is 0 Å². The normalized spacial score (nSPS) is 9.83. The van der Waals surface area contributed by atoms with Gasteiger partial charge in [0.05, 0.1) is 5.69 Å². The molecule has 3 N–H and O–H groups in total. The average molecular weight is 259 g/mol. The highest BCUT2D eigenvalue weighted by Gasteiger charge is 2.15. The SMILES string of the molecule is CC#CCCNC(=O)c1sc2ncccc2c1N. The molecule has 0 fully saturated rings. The van der Waals surface area contributed by atoms with E-state index < -0.39 is 0 Å². The topological polar surface area (TPSA) is 68.0 Å². The zero-order valence-electron chi connectivity index (χ0n) is 9.99. The van der Waals surface area contributed by atoms with E-state index in [-0.39, 0.29) is 5.91 Å². The van der Waals surface area contributed by atoms with Crippen LogP contribution in [0.4, 0.5) is 5.69 Å². The van der Waals surface area contributed by atoms with Crippen LogP contribution in [-0.4, -0.2) is 17.4 Å². The van der Waals surface area contributed by atoms with Gasteiger partial charge in [0.15, 0.2) is 0 Å². The average Bonchev–Trinajstić information content (AvgIpc) is 2.73. The molecule has 0 saturated carbocycles. The van der Waals surface area contributed by atoms with Crippen LogP contribution in [0.3, 0.4) is 0 Å². The van der Waals surface area contributed by atoms with Crippen LogP contribution in [0.5, 0.6) is 0 Å². The molecule has 0 spiro atoms. The number of amides is 1. The summed E-state index contributed by atoms with van der Waals surface area (Å²) in [5.41, 5.74) is 6.45. The van der Waals surface area contributed by atoms with Crippen molar-refractivity contribution < 1.29 is 4.79 Å². The fraction of sp³-hybridized carbons (Fsp3) is 0.231. The van der Waals surface area contributed by atoms with Crippen molar-refractivity contribution in [3.63, 3.8) is 0 Å². The van der Waals surface area contributed by atoms with Crippen LogP contribution in [-0.2, 0) is 0 Å². The Bertz CT molecular complexity index is 636. The molecule has 0 atom stereocenters. The minimum Gasteiger partial charge on any atom is -0.397 e. The smallest absolute Gasteiger partial charge is 0.263 e. The highest BCUT2D eigenvalue weighted by molar-refractivity contribution is 7.21. The predicted molar refractivity (Wildman–Crippen MR) is 74.4 cm³/mol. The lowest BCUT2D eigenvalue weighted by Crippen LogP contribution is -2.24. The fourth-order valence-corrected chi connectivity index (χ4v) is 2.54. The highest BCUT2D eigenvalue weighted by Crippen LogP contribution is 2.31. The summed E-state index contributed by atoms with van der Waals surface area (Å²) in [5, 5.41) is 3.63. The largest absolute Gasteiger partial charge is 0.397 e. The minimum absolute atomic E-state index is 0.159. The maximum atomic E-state index is 11.9. The third-order valence-electron chi connectivity index (χ3n) is 2.42. The van der Waals surface area contributed by atoms with Gasteiger partial charge in [-0.15, -0.1) is 23.2 Å². The van der Waals surface area contributed by atoms with Crippen LogP contribution in [0.2, 0.25) is 0 Å². The number of carbonyl (C=O) groups excluding carboxylic acids is 1. The van der Waals surface area contributed by atoms with E-state index in [1.165, 1.54) is 11.3 Å². The number of thiophene rings is 1. The first-order chi connectivity index (χ1) is 8.74. The van der Waals surface area contributed by atoms with Gasteiger partial charge in [0.1, 0.15) is 9.71 Å². The van der Waals surface area contributed by atoms with Crippen molar-refractivity contribution in [2.24, 2.45) is 0 Å². The number of hydrogen-bond donors (Lipinski definition) is 2. The van der Waals surface area contributed by atoms with E-state index in [0.717, 1.165) is 10.2 Å². The number of hydrogen-bond acceptors (Lipinski definition) is 4. The van der Waals surface area contributed by atoms with Gasteiger partial charge < -0.3 is 11.1 Å². The van der Waals surface area contributed by atoms with E-state index in [2.05, 4.69) is 22.1 Å². The van der Waals surface area contributed by atoms with Crippen molar-refractivity contribution in [2.45, 2.75) is 13.3 Å². The van der Waals surface area contributed by atoms with Gasteiger partial charge in [0, 0.05) is 24.5 Å². The molecule has 0 unspecified atom stereocenters. The Morgan fingerprint density at radius 2 is 2.44 bits per heavy atom. The summed E-state index contributed by atoms with van der Waals surface area (Å²) >= 11 is 1.31. The fourth-order valence-electron chi connectivity index (χ4n) is 1.56. The summed E-state index contributed by atoms with van der Waals surface area (Å²) in [4.78, 5) is 17.4. The second kappa shape index (κ2) is 5.52. The summed E-state index contributed by atoms with van der Waals surface area (Å²) in [6, 6.07) is 3.68. The Morgan fingerprint density at radius 3 is 3.17 bits per heavy atom. The van der Waals surface area contributed by atoms with Crippen LogP contribution in [0, 0.1) is 11.8 Å². The van der Waals surface area contributed by atoms with Crippen LogP contribution >= 0.6 is 11.3 Å². The van der Waals surface area contributed by atoms with Crippen molar-refractivity contribution in [3.05, 3.63) is 23.2 Å². The first-order valence-electron chi connectivity index (χ1n) is 5.55. The molecule has 18 heavy (non-hydrogen) atoms. The Labute approximate surface area is 109 Å². The second-order valence-corrected chi connectivity index (χ2v) is 4.63. The first kappa shape index (κ1) is 12.4. The Hall–Kier alpha value is -2.06. The van der Waals surface area contributed by atoms with E-state index in [9.17, 15) is 4.79 Å². The summed E-state index contributed by atoms with van der Waals surface area (Å²) in [6.45, 7) is 2.30. The molecule has 0 radical (unpaired) electrons. The summed E-state index contributed by atoms with van der Waals surface area (Å²) < 4.78 is 0. The lowest BCUT2D eigenvalue weighted by molar-refractivity contribution is 0.0959. The number of anilines is 1. The van der Waals surface area contributed by atoms with Gasteiger partial charge in [-0.3, -0.25) is 4.79 Å². The lowest BCUT2D eigenvalue weighted by Gasteiger charge is -2.01. The molecule has 0 bridgehead atoms. The third kappa shape index (κ3) is 2.44. The molecule has 2 aromatic heterocycles. The van der Waals surface area contributed by atoms with Crippen molar-refractivity contribution in [3.8, 4) is 11.8 Å². The third-order valence-corrected chi connectivity index (χ3v) is 3.55. The maximum absolute atomic E-state index is 11.9. The maximum Gasteiger partial charge on any atom is 0.263 e. The minimum atomic E-state index is -0.159. The second-order valence-electron chi connectivity index (χ2n) is 3.63. The molecular formula is C13H13N3OS. The standard InChI is InChI=1S/C13H13N3OS/c1-2-3-4-7-15-12(17)11-10(14)9-6-5-8-16-13(9)18-11/h5-6,8H,4,7,14H2,1H3,(H,15,17). The van der Waals surface area contributed by atoms with Crippen molar-refractivity contribution in [1.29, 1.82) is 0 Å². The number of nitrogens with two attached hydrogens (primary N) is 1. The zero-order chi connectivity index (χ0) is 13.0. The number of fused-ring (bicyclic) bond motifs is 1. The van der Waals surface area contributed by atoms with Gasteiger partial charge in [0.2, 0.25) is 0 Å². The predicted octanol–water partition coefficient (Wildman–Crippen LogP) is 2.02.